The van der Waals surface area contributed by atoms with Gasteiger partial charge in [0.25, 0.3) is 0 Å². The van der Waals surface area contributed by atoms with E-state index in [0.29, 0.717) is 5.57 Å². The van der Waals surface area contributed by atoms with Crippen LogP contribution in [0.1, 0.15) is 13.8 Å². The molecule has 0 aromatic carbocycles. The maximum absolute atomic E-state index is 11.2. The fourth-order valence-corrected chi connectivity index (χ4v) is 1.01. The zero-order valence-electron chi connectivity index (χ0n) is 9.17. The summed E-state index contributed by atoms with van der Waals surface area (Å²) < 4.78 is 2.81. The molecular weight excluding hydrogens is 292 g/mol. The van der Waals surface area contributed by atoms with E-state index in [2.05, 4.69) is 10.1 Å². The SMILES string of the molecule is C/C=C(\C)C(NC(=O)OCC(Cl)(Cl)Cl)C(=O)O. The first kappa shape index (κ1) is 16.4. The van der Waals surface area contributed by atoms with E-state index in [9.17, 15) is 9.59 Å². The normalized spacial score (nSPS) is 14.1. The minimum Gasteiger partial charge on any atom is -0.479 e. The zero-order valence-corrected chi connectivity index (χ0v) is 11.4. The van der Waals surface area contributed by atoms with Gasteiger partial charge in [0.2, 0.25) is 3.79 Å². The van der Waals surface area contributed by atoms with Gasteiger partial charge >= 0.3 is 12.1 Å². The second kappa shape index (κ2) is 6.93. The fourth-order valence-electron chi connectivity index (χ4n) is 0.844. The molecule has 0 saturated heterocycles. The van der Waals surface area contributed by atoms with Crippen LogP contribution in [0, 0.1) is 0 Å². The lowest BCUT2D eigenvalue weighted by Gasteiger charge is -2.16. The van der Waals surface area contributed by atoms with Gasteiger partial charge in [0.05, 0.1) is 0 Å². The van der Waals surface area contributed by atoms with Gasteiger partial charge in [-0.1, -0.05) is 40.9 Å². The highest BCUT2D eigenvalue weighted by Crippen LogP contribution is 2.25. The van der Waals surface area contributed by atoms with Crippen LogP contribution in [-0.2, 0) is 9.53 Å². The van der Waals surface area contributed by atoms with E-state index in [0.717, 1.165) is 0 Å². The van der Waals surface area contributed by atoms with Crippen LogP contribution in [0.2, 0.25) is 0 Å². The summed E-state index contributed by atoms with van der Waals surface area (Å²) in [6, 6.07) is -1.16. The highest BCUT2D eigenvalue weighted by Gasteiger charge is 2.25. The topological polar surface area (TPSA) is 75.6 Å². The smallest absolute Gasteiger partial charge is 0.408 e. The second-order valence-corrected chi connectivity index (χ2v) is 5.66. The number of alkyl halides is 3. The van der Waals surface area contributed by atoms with Crippen molar-refractivity contribution in [2.45, 2.75) is 23.7 Å². The predicted octanol–water partition coefficient (Wildman–Crippen LogP) is 2.50. The van der Waals surface area contributed by atoms with Crippen molar-refractivity contribution in [2.75, 3.05) is 6.61 Å². The quantitative estimate of drug-likeness (QED) is 0.618. The van der Waals surface area contributed by atoms with Gasteiger partial charge in [0.15, 0.2) is 6.04 Å². The molecule has 0 aliphatic carbocycles. The zero-order chi connectivity index (χ0) is 13.6. The van der Waals surface area contributed by atoms with Crippen molar-refractivity contribution >= 4 is 46.9 Å². The number of halogens is 3. The summed E-state index contributed by atoms with van der Waals surface area (Å²) >= 11 is 16.1. The number of allylic oxidation sites excluding steroid dienone is 1. The first-order valence-corrected chi connectivity index (χ1v) is 5.66. The van der Waals surface area contributed by atoms with E-state index in [1.54, 1.807) is 19.9 Å². The summed E-state index contributed by atoms with van der Waals surface area (Å²) in [7, 11) is 0. The Labute approximate surface area is 114 Å². The molecule has 1 unspecified atom stereocenters. The summed E-state index contributed by atoms with van der Waals surface area (Å²) in [4.78, 5) is 22.1. The van der Waals surface area contributed by atoms with Crippen LogP contribution in [-0.4, -0.2) is 33.6 Å². The first-order chi connectivity index (χ1) is 7.67. The van der Waals surface area contributed by atoms with E-state index in [1.807, 2.05) is 0 Å². The molecule has 0 aromatic rings. The van der Waals surface area contributed by atoms with Gasteiger partial charge in [0.1, 0.15) is 6.61 Å². The molecule has 0 aliphatic heterocycles. The number of alkyl carbamates (subject to hydrolysis) is 1. The number of carbonyl (C=O) groups is 2. The largest absolute Gasteiger partial charge is 0.479 e. The fraction of sp³-hybridized carbons (Fsp3) is 0.556. The van der Waals surface area contributed by atoms with E-state index >= 15 is 0 Å². The Morgan fingerprint density at radius 1 is 1.47 bits per heavy atom. The standard InChI is InChI=1S/C9H12Cl3NO4/c1-3-5(2)6(7(14)15)13-8(16)17-4-9(10,11)12/h3,6H,4H2,1-2H3,(H,13,16)(H,14,15)/b5-3+. The molecule has 0 rings (SSSR count). The molecule has 5 nitrogen and oxygen atoms in total. The van der Waals surface area contributed by atoms with Gasteiger partial charge in [-0.25, -0.2) is 9.59 Å². The average molecular weight is 305 g/mol. The lowest BCUT2D eigenvalue weighted by molar-refractivity contribution is -0.138. The maximum atomic E-state index is 11.2. The Kier molecular flexibility index (Phi) is 6.67. The number of hydrogen-bond acceptors (Lipinski definition) is 3. The first-order valence-electron chi connectivity index (χ1n) is 4.53. The third-order valence-electron chi connectivity index (χ3n) is 1.79. The van der Waals surface area contributed by atoms with Crippen LogP contribution >= 0.6 is 34.8 Å². The molecule has 0 aliphatic rings. The molecule has 0 aromatic heterocycles. The molecule has 98 valence electrons. The third-order valence-corrected chi connectivity index (χ3v) is 2.11. The van der Waals surface area contributed by atoms with E-state index in [-0.39, 0.29) is 0 Å². The minimum atomic E-state index is -1.73. The Hall–Kier alpha value is -0.650. The van der Waals surface area contributed by atoms with Gasteiger partial charge in [-0.3, -0.25) is 0 Å². The molecule has 0 fully saturated rings. The molecular formula is C9H12Cl3NO4. The second-order valence-electron chi connectivity index (χ2n) is 3.14. The van der Waals surface area contributed by atoms with Crippen molar-refractivity contribution < 1.29 is 19.4 Å². The van der Waals surface area contributed by atoms with Gasteiger partial charge in [-0.05, 0) is 19.4 Å². The van der Waals surface area contributed by atoms with Crippen LogP contribution in [0.4, 0.5) is 4.79 Å². The molecule has 0 saturated carbocycles. The van der Waals surface area contributed by atoms with Crippen molar-refractivity contribution in [1.29, 1.82) is 0 Å². The highest BCUT2D eigenvalue weighted by molar-refractivity contribution is 6.67. The molecule has 8 heteroatoms. The summed E-state index contributed by atoms with van der Waals surface area (Å²) in [5, 5.41) is 11.0. The Morgan fingerprint density at radius 2 is 2.00 bits per heavy atom. The van der Waals surface area contributed by atoms with Crippen molar-refractivity contribution in [1.82, 2.24) is 5.32 Å². The van der Waals surface area contributed by atoms with Crippen molar-refractivity contribution in [3.8, 4) is 0 Å². The number of hydrogen-bond donors (Lipinski definition) is 2. The number of rotatable bonds is 4. The van der Waals surface area contributed by atoms with Crippen LogP contribution in [0.3, 0.4) is 0 Å². The molecule has 1 amide bonds. The van der Waals surface area contributed by atoms with Gasteiger partial charge < -0.3 is 15.2 Å². The monoisotopic (exact) mass is 303 g/mol. The summed E-state index contributed by atoms with van der Waals surface area (Å²) in [6.45, 7) is 2.75. The summed E-state index contributed by atoms with van der Waals surface area (Å²) in [5.41, 5.74) is 0.461. The molecule has 0 bridgehead atoms. The summed E-state index contributed by atoms with van der Waals surface area (Å²) in [6.07, 6.45) is 0.596. The highest BCUT2D eigenvalue weighted by atomic mass is 35.6. The van der Waals surface area contributed by atoms with Crippen LogP contribution in [0.25, 0.3) is 0 Å². The summed E-state index contributed by atoms with van der Waals surface area (Å²) in [5.74, 6) is -1.20. The minimum absolute atomic E-state index is 0.461. The predicted molar refractivity (Wildman–Crippen MR) is 65.6 cm³/mol. The van der Waals surface area contributed by atoms with Crippen molar-refractivity contribution in [2.24, 2.45) is 0 Å². The number of nitrogens with one attached hydrogen (secondary N) is 1. The molecule has 0 radical (unpaired) electrons. The molecule has 2 N–H and O–H groups in total. The number of ether oxygens (including phenoxy) is 1. The molecule has 17 heavy (non-hydrogen) atoms. The van der Waals surface area contributed by atoms with Crippen LogP contribution < -0.4 is 5.32 Å². The Morgan fingerprint density at radius 3 is 2.35 bits per heavy atom. The van der Waals surface area contributed by atoms with Gasteiger partial charge in [-0.15, -0.1) is 0 Å². The number of carboxylic acids is 1. The molecule has 0 heterocycles. The lowest BCUT2D eigenvalue weighted by atomic mass is 10.1. The Balaban J connectivity index is 4.39. The average Bonchev–Trinajstić information content (AvgIpc) is 2.20. The Bertz CT molecular complexity index is 325. The lowest BCUT2D eigenvalue weighted by Crippen LogP contribution is -2.42. The number of carbonyl (C=O) groups excluding carboxylic acids is 1. The van der Waals surface area contributed by atoms with Gasteiger partial charge in [-0.2, -0.15) is 0 Å². The van der Waals surface area contributed by atoms with Crippen molar-refractivity contribution in [3.05, 3.63) is 11.6 Å². The van der Waals surface area contributed by atoms with E-state index in [4.69, 9.17) is 39.9 Å². The van der Waals surface area contributed by atoms with Crippen LogP contribution in [0.15, 0.2) is 11.6 Å². The van der Waals surface area contributed by atoms with Crippen LogP contribution in [0.5, 0.6) is 0 Å². The van der Waals surface area contributed by atoms with E-state index in [1.165, 1.54) is 0 Å². The van der Waals surface area contributed by atoms with Gasteiger partial charge in [0, 0.05) is 0 Å². The number of amides is 1. The number of carboxylic acid groups (broad SMARTS) is 1. The van der Waals surface area contributed by atoms with Crippen molar-refractivity contribution in [3.63, 3.8) is 0 Å². The molecule has 0 spiro atoms. The third kappa shape index (κ3) is 7.31. The maximum Gasteiger partial charge on any atom is 0.408 e. The van der Waals surface area contributed by atoms with E-state index < -0.39 is 28.5 Å². The molecule has 1 atom stereocenters. The number of aliphatic carboxylic acids is 1.